The van der Waals surface area contributed by atoms with Gasteiger partial charge in [-0.3, -0.25) is 4.90 Å². The fourth-order valence-corrected chi connectivity index (χ4v) is 2.83. The molecule has 5 nitrogen and oxygen atoms in total. The summed E-state index contributed by atoms with van der Waals surface area (Å²) in [5, 5.41) is 9.19. The Labute approximate surface area is 97.9 Å². The Bertz CT molecular complexity index is 292. The lowest BCUT2D eigenvalue weighted by atomic mass is 10.0. The van der Waals surface area contributed by atoms with Gasteiger partial charge in [0.25, 0.3) is 0 Å². The fourth-order valence-electron chi connectivity index (χ4n) is 2.12. The zero-order valence-corrected chi connectivity index (χ0v) is 10.7. The van der Waals surface area contributed by atoms with Crippen molar-refractivity contribution in [1.82, 2.24) is 9.62 Å². The molecule has 1 aliphatic heterocycles. The molecule has 96 valence electrons. The highest BCUT2D eigenvalue weighted by atomic mass is 32.2. The number of sulfonamides is 1. The van der Waals surface area contributed by atoms with Crippen molar-refractivity contribution in [2.24, 2.45) is 0 Å². The molecule has 1 saturated heterocycles. The second-order valence-electron chi connectivity index (χ2n) is 4.24. The first-order chi connectivity index (χ1) is 7.59. The third-order valence-electron chi connectivity index (χ3n) is 3.13. The molecule has 16 heavy (non-hydrogen) atoms. The normalized spacial score (nSPS) is 23.5. The van der Waals surface area contributed by atoms with Crippen molar-refractivity contribution in [2.75, 3.05) is 32.5 Å². The highest BCUT2D eigenvalue weighted by molar-refractivity contribution is 7.89. The Morgan fingerprint density at radius 2 is 2.19 bits per heavy atom. The predicted molar refractivity (Wildman–Crippen MR) is 63.8 cm³/mol. The summed E-state index contributed by atoms with van der Waals surface area (Å²) in [6.45, 7) is 1.91. The molecule has 1 aliphatic rings. The second kappa shape index (κ2) is 6.54. The van der Waals surface area contributed by atoms with E-state index in [4.69, 9.17) is 0 Å². The lowest BCUT2D eigenvalue weighted by molar-refractivity contribution is 0.0906. The van der Waals surface area contributed by atoms with Crippen LogP contribution in [0.2, 0.25) is 0 Å². The number of hydrogen-bond donors (Lipinski definition) is 2. The Kier molecular flexibility index (Phi) is 5.68. The largest absolute Gasteiger partial charge is 0.395 e. The lowest BCUT2D eigenvalue weighted by Crippen LogP contribution is -2.42. The van der Waals surface area contributed by atoms with E-state index in [0.29, 0.717) is 6.42 Å². The molecule has 0 aromatic rings. The van der Waals surface area contributed by atoms with Crippen molar-refractivity contribution >= 4 is 10.0 Å². The van der Waals surface area contributed by atoms with Gasteiger partial charge in [-0.05, 0) is 39.4 Å². The van der Waals surface area contributed by atoms with Gasteiger partial charge in [0, 0.05) is 6.04 Å². The zero-order chi connectivity index (χ0) is 12.0. The first-order valence-electron chi connectivity index (χ1n) is 5.85. The number of nitrogens with zero attached hydrogens (tertiary/aromatic N) is 1. The summed E-state index contributed by atoms with van der Waals surface area (Å²) in [5.74, 6) is 0.165. The van der Waals surface area contributed by atoms with Gasteiger partial charge in [-0.1, -0.05) is 6.42 Å². The summed E-state index contributed by atoms with van der Waals surface area (Å²) < 4.78 is 24.7. The van der Waals surface area contributed by atoms with Crippen LogP contribution in [0, 0.1) is 0 Å². The third kappa shape index (κ3) is 4.37. The van der Waals surface area contributed by atoms with Gasteiger partial charge in [-0.2, -0.15) is 0 Å². The molecule has 0 amide bonds. The fraction of sp³-hybridized carbons (Fsp3) is 1.00. The van der Waals surface area contributed by atoms with Gasteiger partial charge >= 0.3 is 0 Å². The van der Waals surface area contributed by atoms with Crippen molar-refractivity contribution in [2.45, 2.75) is 31.7 Å². The Hall–Kier alpha value is -0.170. The maximum absolute atomic E-state index is 11.2. The van der Waals surface area contributed by atoms with E-state index in [1.54, 1.807) is 0 Å². The quantitative estimate of drug-likeness (QED) is 0.683. The van der Waals surface area contributed by atoms with E-state index in [1.165, 1.54) is 7.05 Å². The van der Waals surface area contributed by atoms with Crippen LogP contribution in [-0.4, -0.2) is 57.0 Å². The molecule has 0 bridgehead atoms. The number of hydrogen-bond acceptors (Lipinski definition) is 4. The van der Waals surface area contributed by atoms with Crippen molar-refractivity contribution in [3.63, 3.8) is 0 Å². The van der Waals surface area contributed by atoms with Crippen LogP contribution >= 0.6 is 0 Å². The van der Waals surface area contributed by atoms with Crippen LogP contribution in [0.15, 0.2) is 0 Å². The molecular weight excluding hydrogens is 228 g/mol. The minimum atomic E-state index is -3.08. The van der Waals surface area contributed by atoms with Crippen LogP contribution in [0.1, 0.15) is 25.7 Å². The molecule has 0 spiro atoms. The maximum Gasteiger partial charge on any atom is 0.211 e. The van der Waals surface area contributed by atoms with Crippen LogP contribution < -0.4 is 4.72 Å². The molecular formula is C10H22N2O3S. The van der Waals surface area contributed by atoms with E-state index >= 15 is 0 Å². The molecule has 1 fully saturated rings. The van der Waals surface area contributed by atoms with E-state index in [0.717, 1.165) is 32.4 Å². The number of aliphatic hydroxyl groups excluding tert-OH is 1. The molecule has 1 atom stereocenters. The Balaban J connectivity index is 2.30. The molecule has 0 aromatic heterocycles. The van der Waals surface area contributed by atoms with Gasteiger partial charge in [0.05, 0.1) is 12.4 Å². The molecule has 0 aromatic carbocycles. The highest BCUT2D eigenvalue weighted by Crippen LogP contribution is 2.16. The van der Waals surface area contributed by atoms with Crippen molar-refractivity contribution in [3.8, 4) is 0 Å². The zero-order valence-electron chi connectivity index (χ0n) is 9.85. The van der Waals surface area contributed by atoms with E-state index in [1.807, 2.05) is 0 Å². The minimum Gasteiger partial charge on any atom is -0.395 e. The number of likely N-dealkylation sites (tertiary alicyclic amines) is 1. The SMILES string of the molecule is CNS(=O)(=O)CCCN1CCCCC1CO. The van der Waals surface area contributed by atoms with Crippen molar-refractivity contribution in [3.05, 3.63) is 0 Å². The predicted octanol–water partition coefficient (Wildman–Crippen LogP) is -0.227. The number of aliphatic hydroxyl groups is 1. The molecule has 1 heterocycles. The minimum absolute atomic E-state index is 0.165. The Morgan fingerprint density at radius 3 is 2.81 bits per heavy atom. The monoisotopic (exact) mass is 250 g/mol. The van der Waals surface area contributed by atoms with Gasteiger partial charge < -0.3 is 5.11 Å². The van der Waals surface area contributed by atoms with Gasteiger partial charge in [0.15, 0.2) is 0 Å². The Morgan fingerprint density at radius 1 is 1.44 bits per heavy atom. The van der Waals surface area contributed by atoms with Crippen molar-refractivity contribution in [1.29, 1.82) is 0 Å². The first-order valence-corrected chi connectivity index (χ1v) is 7.50. The van der Waals surface area contributed by atoms with E-state index in [2.05, 4.69) is 9.62 Å². The summed E-state index contributed by atoms with van der Waals surface area (Å²) in [6, 6.07) is 0.228. The first kappa shape index (κ1) is 13.9. The standard InChI is InChI=1S/C10H22N2O3S/c1-11-16(14,15)8-4-7-12-6-3-2-5-10(12)9-13/h10-11,13H,2-9H2,1H3. The van der Waals surface area contributed by atoms with Gasteiger partial charge in [-0.25, -0.2) is 13.1 Å². The van der Waals surface area contributed by atoms with Gasteiger partial charge in [0.1, 0.15) is 0 Å². The van der Waals surface area contributed by atoms with Gasteiger partial charge in [-0.15, -0.1) is 0 Å². The van der Waals surface area contributed by atoms with Crippen molar-refractivity contribution < 1.29 is 13.5 Å². The lowest BCUT2D eigenvalue weighted by Gasteiger charge is -2.34. The molecule has 1 unspecified atom stereocenters. The van der Waals surface area contributed by atoms with Gasteiger partial charge in [0.2, 0.25) is 10.0 Å². The average Bonchev–Trinajstić information content (AvgIpc) is 2.29. The second-order valence-corrected chi connectivity index (χ2v) is 6.29. The van der Waals surface area contributed by atoms with E-state index < -0.39 is 10.0 Å². The van der Waals surface area contributed by atoms with Crippen LogP contribution in [0.25, 0.3) is 0 Å². The van der Waals surface area contributed by atoms with Crippen LogP contribution in [0.3, 0.4) is 0 Å². The average molecular weight is 250 g/mol. The topological polar surface area (TPSA) is 69.6 Å². The van der Waals surface area contributed by atoms with Crippen LogP contribution in [0.5, 0.6) is 0 Å². The molecule has 0 saturated carbocycles. The summed E-state index contributed by atoms with van der Waals surface area (Å²) >= 11 is 0. The third-order valence-corrected chi connectivity index (χ3v) is 4.58. The number of piperidine rings is 1. The molecule has 6 heteroatoms. The molecule has 0 radical (unpaired) electrons. The maximum atomic E-state index is 11.2. The summed E-state index contributed by atoms with van der Waals surface area (Å²) in [4.78, 5) is 2.20. The summed E-state index contributed by atoms with van der Waals surface area (Å²) in [5.41, 5.74) is 0. The smallest absolute Gasteiger partial charge is 0.211 e. The highest BCUT2D eigenvalue weighted by Gasteiger charge is 2.21. The number of nitrogens with one attached hydrogen (secondary N) is 1. The van der Waals surface area contributed by atoms with E-state index in [9.17, 15) is 13.5 Å². The molecule has 2 N–H and O–H groups in total. The summed E-state index contributed by atoms with van der Waals surface area (Å²) in [7, 11) is -1.65. The molecule has 0 aliphatic carbocycles. The van der Waals surface area contributed by atoms with Crippen LogP contribution in [0.4, 0.5) is 0 Å². The molecule has 1 rings (SSSR count). The van der Waals surface area contributed by atoms with E-state index in [-0.39, 0.29) is 18.4 Å². The summed E-state index contributed by atoms with van der Waals surface area (Å²) in [6.07, 6.45) is 3.96. The van der Waals surface area contributed by atoms with Crippen LogP contribution in [-0.2, 0) is 10.0 Å². The number of rotatable bonds is 6.